The van der Waals surface area contributed by atoms with Gasteiger partial charge in [-0.3, -0.25) is 0 Å². The Morgan fingerprint density at radius 2 is 2.04 bits per heavy atom. The highest BCUT2D eigenvalue weighted by Crippen LogP contribution is 2.38. The highest BCUT2D eigenvalue weighted by molar-refractivity contribution is 7.17. The van der Waals surface area contributed by atoms with E-state index in [1.165, 1.54) is 22.5 Å². The number of ether oxygens (including phenoxy) is 1. The number of nitriles is 1. The molecule has 0 saturated heterocycles. The fraction of sp³-hybridized carbons (Fsp3) is 0.318. The Labute approximate surface area is 168 Å². The molecule has 6 heteroatoms. The van der Waals surface area contributed by atoms with Gasteiger partial charge in [0.2, 0.25) is 0 Å². The molecule has 1 aliphatic rings. The van der Waals surface area contributed by atoms with E-state index in [1.807, 2.05) is 38.1 Å². The summed E-state index contributed by atoms with van der Waals surface area (Å²) in [7, 11) is 0. The molecule has 3 aromatic rings. The van der Waals surface area contributed by atoms with Crippen LogP contribution in [0, 0.1) is 11.3 Å². The van der Waals surface area contributed by atoms with Crippen LogP contribution in [0.15, 0.2) is 36.4 Å². The number of nitrogens with zero attached hydrogens (tertiary/aromatic N) is 3. The predicted molar refractivity (Wildman–Crippen MR) is 111 cm³/mol. The largest absolute Gasteiger partial charge is 0.490 e. The van der Waals surface area contributed by atoms with Gasteiger partial charge in [0.25, 0.3) is 0 Å². The quantitative estimate of drug-likeness (QED) is 0.687. The minimum atomic E-state index is 0.0155. The SMILES string of the molecule is CC(C)Oc1ccc(-c2nnc(-c3cccc4c3CCC[C@@H]4N)s2)cc1C#N. The Hall–Kier alpha value is -2.75. The van der Waals surface area contributed by atoms with Crippen molar-refractivity contribution in [1.82, 2.24) is 10.2 Å². The summed E-state index contributed by atoms with van der Waals surface area (Å²) in [6.07, 6.45) is 3.16. The van der Waals surface area contributed by atoms with E-state index in [0.29, 0.717) is 11.3 Å². The van der Waals surface area contributed by atoms with Gasteiger partial charge in [0.1, 0.15) is 21.8 Å². The van der Waals surface area contributed by atoms with Crippen LogP contribution in [0.25, 0.3) is 21.1 Å². The van der Waals surface area contributed by atoms with Crippen LogP contribution in [0.4, 0.5) is 0 Å². The molecule has 4 rings (SSSR count). The molecule has 2 aromatic carbocycles. The van der Waals surface area contributed by atoms with E-state index < -0.39 is 0 Å². The maximum absolute atomic E-state index is 9.47. The Morgan fingerprint density at radius 1 is 1.21 bits per heavy atom. The summed E-state index contributed by atoms with van der Waals surface area (Å²) >= 11 is 1.54. The maximum atomic E-state index is 9.47. The molecule has 0 amide bonds. The average molecular weight is 391 g/mol. The number of aromatic nitrogens is 2. The zero-order valence-corrected chi connectivity index (χ0v) is 16.8. The van der Waals surface area contributed by atoms with Crippen molar-refractivity contribution < 1.29 is 4.74 Å². The van der Waals surface area contributed by atoms with E-state index in [9.17, 15) is 5.26 Å². The molecular formula is C22H22N4OS. The number of benzene rings is 2. The second kappa shape index (κ2) is 7.70. The lowest BCUT2D eigenvalue weighted by Crippen LogP contribution is -2.17. The predicted octanol–water partition coefficient (Wildman–Crippen LogP) is 4.87. The molecule has 1 aliphatic carbocycles. The average Bonchev–Trinajstić information content (AvgIpc) is 3.18. The summed E-state index contributed by atoms with van der Waals surface area (Å²) in [5.41, 5.74) is 11.3. The Bertz CT molecular complexity index is 1050. The molecule has 0 unspecified atom stereocenters. The van der Waals surface area contributed by atoms with Crippen molar-refractivity contribution in [3.8, 4) is 33.0 Å². The Kier molecular flexibility index (Phi) is 5.12. The van der Waals surface area contributed by atoms with Gasteiger partial charge >= 0.3 is 0 Å². The zero-order valence-electron chi connectivity index (χ0n) is 16.0. The van der Waals surface area contributed by atoms with Gasteiger partial charge in [-0.15, -0.1) is 10.2 Å². The van der Waals surface area contributed by atoms with Gasteiger partial charge < -0.3 is 10.5 Å². The van der Waals surface area contributed by atoms with Gasteiger partial charge in [0, 0.05) is 17.2 Å². The highest BCUT2D eigenvalue weighted by atomic mass is 32.1. The number of hydrogen-bond acceptors (Lipinski definition) is 6. The lowest BCUT2D eigenvalue weighted by molar-refractivity contribution is 0.242. The molecule has 2 N–H and O–H groups in total. The van der Waals surface area contributed by atoms with E-state index in [2.05, 4.69) is 28.4 Å². The molecule has 1 atom stereocenters. The highest BCUT2D eigenvalue weighted by Gasteiger charge is 2.21. The first-order chi connectivity index (χ1) is 13.6. The molecule has 0 fully saturated rings. The van der Waals surface area contributed by atoms with Crippen molar-refractivity contribution in [2.75, 3.05) is 0 Å². The normalized spacial score (nSPS) is 15.9. The van der Waals surface area contributed by atoms with Crippen molar-refractivity contribution in [1.29, 1.82) is 5.26 Å². The Morgan fingerprint density at radius 3 is 2.82 bits per heavy atom. The maximum Gasteiger partial charge on any atom is 0.148 e. The summed E-state index contributed by atoms with van der Waals surface area (Å²) in [5, 5.41) is 20.0. The number of rotatable bonds is 4. The molecule has 28 heavy (non-hydrogen) atoms. The van der Waals surface area contributed by atoms with Gasteiger partial charge in [-0.2, -0.15) is 5.26 Å². The van der Waals surface area contributed by atoms with Crippen molar-refractivity contribution in [3.63, 3.8) is 0 Å². The van der Waals surface area contributed by atoms with Crippen molar-refractivity contribution in [3.05, 3.63) is 53.1 Å². The molecule has 0 saturated carbocycles. The van der Waals surface area contributed by atoms with Crippen LogP contribution in [0.3, 0.4) is 0 Å². The zero-order chi connectivity index (χ0) is 19.7. The number of nitrogens with two attached hydrogens (primary N) is 1. The second-order valence-corrected chi connectivity index (χ2v) is 8.25. The van der Waals surface area contributed by atoms with E-state index in [0.717, 1.165) is 40.4 Å². The van der Waals surface area contributed by atoms with Crippen LogP contribution in [-0.2, 0) is 6.42 Å². The van der Waals surface area contributed by atoms with E-state index in [4.69, 9.17) is 10.5 Å². The fourth-order valence-electron chi connectivity index (χ4n) is 3.64. The molecule has 0 spiro atoms. The van der Waals surface area contributed by atoms with Gasteiger partial charge in [-0.1, -0.05) is 29.5 Å². The van der Waals surface area contributed by atoms with Gasteiger partial charge in [-0.05, 0) is 62.4 Å². The van der Waals surface area contributed by atoms with Crippen molar-refractivity contribution >= 4 is 11.3 Å². The third-order valence-corrected chi connectivity index (χ3v) is 5.92. The molecule has 1 aromatic heterocycles. The van der Waals surface area contributed by atoms with Crippen LogP contribution in [0.1, 0.15) is 49.4 Å². The van der Waals surface area contributed by atoms with Crippen LogP contribution in [0.2, 0.25) is 0 Å². The van der Waals surface area contributed by atoms with Gasteiger partial charge in [0.05, 0.1) is 11.7 Å². The fourth-order valence-corrected chi connectivity index (χ4v) is 4.53. The van der Waals surface area contributed by atoms with E-state index in [-0.39, 0.29) is 12.1 Å². The first-order valence-electron chi connectivity index (χ1n) is 9.49. The molecule has 0 aliphatic heterocycles. The van der Waals surface area contributed by atoms with E-state index >= 15 is 0 Å². The van der Waals surface area contributed by atoms with Gasteiger partial charge in [0.15, 0.2) is 0 Å². The van der Waals surface area contributed by atoms with E-state index in [1.54, 1.807) is 0 Å². The molecule has 0 radical (unpaired) electrons. The van der Waals surface area contributed by atoms with Crippen molar-refractivity contribution in [2.45, 2.75) is 45.3 Å². The first-order valence-corrected chi connectivity index (χ1v) is 10.3. The van der Waals surface area contributed by atoms with Crippen LogP contribution in [0.5, 0.6) is 5.75 Å². The minimum absolute atomic E-state index is 0.0155. The lowest BCUT2D eigenvalue weighted by atomic mass is 9.85. The topological polar surface area (TPSA) is 84.8 Å². The standard InChI is InChI=1S/C22H22N4OS/c1-13(2)27-20-10-9-14(11-15(20)12-23)21-25-26-22(28-21)18-7-3-6-17-16(18)5-4-8-19(17)24/h3,6-7,9-11,13,19H,4-5,8,24H2,1-2H3/t19-/m0/s1. The molecule has 142 valence electrons. The summed E-state index contributed by atoms with van der Waals surface area (Å²) in [6.45, 7) is 3.89. The van der Waals surface area contributed by atoms with Gasteiger partial charge in [-0.25, -0.2) is 0 Å². The smallest absolute Gasteiger partial charge is 0.148 e. The molecule has 1 heterocycles. The molecule has 0 bridgehead atoms. The Balaban J connectivity index is 1.70. The summed E-state index contributed by atoms with van der Waals surface area (Å²) in [6, 6.07) is 14.2. The van der Waals surface area contributed by atoms with Crippen LogP contribution < -0.4 is 10.5 Å². The number of hydrogen-bond donors (Lipinski definition) is 1. The molecular weight excluding hydrogens is 368 g/mol. The summed E-state index contributed by atoms with van der Waals surface area (Å²) in [5.74, 6) is 0.595. The number of fused-ring (bicyclic) bond motifs is 1. The molecule has 5 nitrogen and oxygen atoms in total. The third-order valence-electron chi connectivity index (χ3n) is 4.92. The van der Waals surface area contributed by atoms with Crippen LogP contribution in [-0.4, -0.2) is 16.3 Å². The minimum Gasteiger partial charge on any atom is -0.490 e. The summed E-state index contributed by atoms with van der Waals surface area (Å²) < 4.78 is 5.71. The summed E-state index contributed by atoms with van der Waals surface area (Å²) in [4.78, 5) is 0. The lowest BCUT2D eigenvalue weighted by Gasteiger charge is -2.23. The second-order valence-electron chi connectivity index (χ2n) is 7.27. The first kappa shape index (κ1) is 18.6. The monoisotopic (exact) mass is 390 g/mol. The third kappa shape index (κ3) is 3.51. The van der Waals surface area contributed by atoms with Crippen LogP contribution >= 0.6 is 11.3 Å². The van der Waals surface area contributed by atoms with Crippen molar-refractivity contribution in [2.24, 2.45) is 5.73 Å².